The Morgan fingerprint density at radius 2 is 1.84 bits per heavy atom. The minimum atomic E-state index is -0.429. The van der Waals surface area contributed by atoms with Crippen LogP contribution < -0.4 is 24.8 Å². The van der Waals surface area contributed by atoms with Gasteiger partial charge in [0.1, 0.15) is 11.6 Å². The minimum absolute atomic E-state index is 0.116. The van der Waals surface area contributed by atoms with Crippen LogP contribution in [0.15, 0.2) is 77.9 Å². The van der Waals surface area contributed by atoms with Crippen molar-refractivity contribution in [1.82, 2.24) is 24.4 Å². The molecule has 3 N–H and O–H groups in total. The van der Waals surface area contributed by atoms with Gasteiger partial charge in [0, 0.05) is 55.8 Å². The molecule has 1 fully saturated rings. The normalized spacial score (nSPS) is 15.0. The molecule has 5 aromatic rings. The van der Waals surface area contributed by atoms with Crippen LogP contribution in [0.4, 0.5) is 17.2 Å². The van der Waals surface area contributed by atoms with E-state index in [1.54, 1.807) is 60.3 Å². The maximum absolute atomic E-state index is 13.2. The Labute approximate surface area is 293 Å². The highest BCUT2D eigenvalue weighted by Gasteiger charge is 2.34. The lowest BCUT2D eigenvalue weighted by Gasteiger charge is -2.20. The number of carbonyl (C=O) groups is 3. The molecule has 14 nitrogen and oxygen atoms in total. The average molecular weight is 689 g/mol. The van der Waals surface area contributed by atoms with Gasteiger partial charge in [-0.1, -0.05) is 12.2 Å². The predicted molar refractivity (Wildman–Crippen MR) is 192 cm³/mol. The summed E-state index contributed by atoms with van der Waals surface area (Å²) < 4.78 is 18.3. The van der Waals surface area contributed by atoms with Crippen molar-refractivity contribution < 1.29 is 28.6 Å². The number of benzene rings is 3. The van der Waals surface area contributed by atoms with Crippen LogP contribution in [0, 0.1) is 0 Å². The fourth-order valence-electron chi connectivity index (χ4n) is 6.11. The molecule has 1 saturated heterocycles. The van der Waals surface area contributed by atoms with Crippen molar-refractivity contribution in [3.05, 3.63) is 84.3 Å². The van der Waals surface area contributed by atoms with Crippen LogP contribution in [0.2, 0.25) is 0 Å². The number of amides is 3. The van der Waals surface area contributed by atoms with E-state index in [0.29, 0.717) is 53.6 Å². The average Bonchev–Trinajstić information content (AvgIpc) is 3.82. The minimum Gasteiger partial charge on any atom is -0.497 e. The third-order valence-corrected chi connectivity index (χ3v) is 8.71. The number of methoxy groups -OCH3 is 2. The van der Waals surface area contributed by atoms with Gasteiger partial charge < -0.3 is 39.3 Å². The number of anilines is 2. The fraction of sp³-hybridized carbons (Fsp3) is 0.243. The molecule has 0 saturated carbocycles. The van der Waals surface area contributed by atoms with E-state index in [4.69, 9.17) is 14.2 Å². The molecule has 3 aromatic carbocycles. The number of aromatic nitrogens is 4. The maximum atomic E-state index is 13.2. The third-order valence-electron chi connectivity index (χ3n) is 8.71. The third kappa shape index (κ3) is 6.88. The number of aryl methyl sites for hydroxylation is 1. The standard InChI is InChI=1S/C37H36N8O6/c1-21-14-24-18-38-28-17-31(30(50-4)16-26(28)37(48)45(24)19-21)51-13-5-6-33(46)42-32-20-44(2)35(43-32)36(47)39-23-9-7-22(8-10-23)34-40-27-12-11-25(49-3)15-29(27)41-34/h7-12,15-18,20,24H,1,5-6,13-14,19H2,2-4H3,(H,39,47)(H,40,41)(H,42,46). The molecule has 260 valence electrons. The second-order valence-electron chi connectivity index (χ2n) is 12.3. The summed E-state index contributed by atoms with van der Waals surface area (Å²) in [5.74, 6) is 1.81. The van der Waals surface area contributed by atoms with Crippen molar-refractivity contribution in [2.45, 2.75) is 25.3 Å². The van der Waals surface area contributed by atoms with Gasteiger partial charge in [-0.15, -0.1) is 0 Å². The summed E-state index contributed by atoms with van der Waals surface area (Å²) in [6, 6.07) is 16.1. The van der Waals surface area contributed by atoms with Crippen molar-refractivity contribution in [3.63, 3.8) is 0 Å². The number of nitrogens with one attached hydrogen (secondary N) is 3. The van der Waals surface area contributed by atoms with E-state index < -0.39 is 5.91 Å². The number of aromatic amines is 1. The van der Waals surface area contributed by atoms with Crippen molar-refractivity contribution in [2.75, 3.05) is 38.0 Å². The van der Waals surface area contributed by atoms with E-state index in [1.807, 2.05) is 30.3 Å². The molecule has 0 radical (unpaired) electrons. The maximum Gasteiger partial charge on any atom is 0.291 e. The van der Waals surface area contributed by atoms with Gasteiger partial charge >= 0.3 is 0 Å². The molecule has 1 atom stereocenters. The van der Waals surface area contributed by atoms with E-state index in [1.165, 1.54) is 7.11 Å². The number of imidazole rings is 2. The molecule has 14 heteroatoms. The van der Waals surface area contributed by atoms with Gasteiger partial charge in [0.05, 0.1) is 49.2 Å². The van der Waals surface area contributed by atoms with Crippen molar-refractivity contribution in [1.29, 1.82) is 0 Å². The number of carbonyl (C=O) groups excluding carboxylic acids is 3. The molecule has 0 bridgehead atoms. The predicted octanol–water partition coefficient (Wildman–Crippen LogP) is 5.52. The number of nitrogens with zero attached hydrogens (tertiary/aromatic N) is 5. The number of hydrogen-bond acceptors (Lipinski definition) is 9. The van der Waals surface area contributed by atoms with Gasteiger partial charge in [-0.05, 0) is 55.3 Å². The van der Waals surface area contributed by atoms with E-state index in [9.17, 15) is 14.4 Å². The Hall–Kier alpha value is -6.44. The summed E-state index contributed by atoms with van der Waals surface area (Å²) in [5, 5.41) is 5.59. The van der Waals surface area contributed by atoms with Gasteiger partial charge in [-0.3, -0.25) is 19.4 Å². The van der Waals surface area contributed by atoms with Crippen molar-refractivity contribution >= 4 is 52.2 Å². The first-order valence-electron chi connectivity index (χ1n) is 16.3. The number of fused-ring (bicyclic) bond motifs is 3. The Morgan fingerprint density at radius 1 is 1.02 bits per heavy atom. The zero-order valence-corrected chi connectivity index (χ0v) is 28.4. The number of rotatable bonds is 11. The molecular weight excluding hydrogens is 652 g/mol. The van der Waals surface area contributed by atoms with Crippen LogP contribution in [-0.4, -0.2) is 81.8 Å². The second kappa shape index (κ2) is 13.8. The zero-order valence-electron chi connectivity index (χ0n) is 28.4. The first kappa shape index (κ1) is 33.1. The van der Waals surface area contributed by atoms with E-state index >= 15 is 0 Å². The van der Waals surface area contributed by atoms with Gasteiger partial charge in [-0.25, -0.2) is 9.97 Å². The number of aliphatic imine (C=N–C) groups is 1. The Kier molecular flexibility index (Phi) is 8.96. The van der Waals surface area contributed by atoms with E-state index in [2.05, 4.69) is 37.2 Å². The van der Waals surface area contributed by atoms with Crippen molar-refractivity contribution in [2.24, 2.45) is 12.0 Å². The molecule has 7 rings (SSSR count). The Morgan fingerprint density at radius 3 is 2.63 bits per heavy atom. The van der Waals surface area contributed by atoms with E-state index in [-0.39, 0.29) is 42.5 Å². The van der Waals surface area contributed by atoms with Crippen LogP contribution in [0.1, 0.15) is 40.2 Å². The van der Waals surface area contributed by atoms with Crippen LogP contribution >= 0.6 is 0 Å². The topological polar surface area (TPSA) is 165 Å². The number of H-pyrrole nitrogens is 1. The Balaban J connectivity index is 0.912. The summed E-state index contributed by atoms with van der Waals surface area (Å²) in [5.41, 5.74) is 5.04. The molecular formula is C37H36N8O6. The second-order valence-corrected chi connectivity index (χ2v) is 12.3. The molecule has 2 aliphatic heterocycles. The van der Waals surface area contributed by atoms with Gasteiger partial charge in [-0.2, -0.15) is 0 Å². The van der Waals surface area contributed by atoms with Crippen LogP contribution in [0.5, 0.6) is 17.2 Å². The lowest BCUT2D eigenvalue weighted by atomic mass is 10.1. The molecule has 1 unspecified atom stereocenters. The highest BCUT2D eigenvalue weighted by Crippen LogP contribution is 2.38. The van der Waals surface area contributed by atoms with Gasteiger partial charge in [0.15, 0.2) is 17.3 Å². The smallest absolute Gasteiger partial charge is 0.291 e. The highest BCUT2D eigenvalue weighted by molar-refractivity contribution is 6.04. The molecule has 3 amide bonds. The summed E-state index contributed by atoms with van der Waals surface area (Å²) >= 11 is 0. The summed E-state index contributed by atoms with van der Waals surface area (Å²) in [4.78, 5) is 57.5. The Bertz CT molecular complexity index is 2200. The fourth-order valence-corrected chi connectivity index (χ4v) is 6.11. The first-order chi connectivity index (χ1) is 24.7. The van der Waals surface area contributed by atoms with E-state index in [0.717, 1.165) is 27.9 Å². The first-order valence-corrected chi connectivity index (χ1v) is 16.3. The largest absolute Gasteiger partial charge is 0.497 e. The summed E-state index contributed by atoms with van der Waals surface area (Å²) in [6.07, 6.45) is 4.58. The number of ether oxygens (including phenoxy) is 3. The van der Waals surface area contributed by atoms with Gasteiger partial charge in [0.2, 0.25) is 11.7 Å². The molecule has 2 aliphatic rings. The molecule has 0 spiro atoms. The quantitative estimate of drug-likeness (QED) is 0.121. The zero-order chi connectivity index (χ0) is 35.6. The van der Waals surface area contributed by atoms with Crippen LogP contribution in [0.25, 0.3) is 22.4 Å². The molecule has 51 heavy (non-hydrogen) atoms. The van der Waals surface area contributed by atoms with Crippen molar-refractivity contribution in [3.8, 4) is 28.6 Å². The van der Waals surface area contributed by atoms with Crippen LogP contribution in [0.3, 0.4) is 0 Å². The van der Waals surface area contributed by atoms with Crippen LogP contribution in [-0.2, 0) is 11.8 Å². The molecule has 2 aromatic heterocycles. The molecule has 4 heterocycles. The highest BCUT2D eigenvalue weighted by atomic mass is 16.5. The number of hydrogen-bond donors (Lipinski definition) is 3. The summed E-state index contributed by atoms with van der Waals surface area (Å²) in [6.45, 7) is 4.73. The lowest BCUT2D eigenvalue weighted by Crippen LogP contribution is -2.35. The molecule has 0 aliphatic carbocycles. The monoisotopic (exact) mass is 688 g/mol. The SMILES string of the molecule is C=C1CC2C=Nc3cc(OCCCC(=O)Nc4cn(C)c(C(=O)Nc5ccc(-c6nc7ccc(OC)cc7[nH]6)cc5)n4)c(OC)cc3C(=O)N2C1. The van der Waals surface area contributed by atoms with Gasteiger partial charge in [0.25, 0.3) is 11.8 Å². The summed E-state index contributed by atoms with van der Waals surface area (Å²) in [7, 11) is 4.80. The lowest BCUT2D eigenvalue weighted by molar-refractivity contribution is -0.116.